The van der Waals surface area contributed by atoms with Crippen molar-refractivity contribution in [2.75, 3.05) is 11.4 Å². The zero-order valence-corrected chi connectivity index (χ0v) is 21.3. The van der Waals surface area contributed by atoms with Crippen LogP contribution < -0.4 is 4.90 Å². The number of imide groups is 2. The van der Waals surface area contributed by atoms with Gasteiger partial charge in [-0.3, -0.25) is 24.1 Å². The van der Waals surface area contributed by atoms with Crippen molar-refractivity contribution in [2.45, 2.75) is 32.6 Å². The molecule has 0 radical (unpaired) electrons. The first-order valence-corrected chi connectivity index (χ1v) is 13.0. The third-order valence-electron chi connectivity index (χ3n) is 8.99. The Balaban J connectivity index is 1.55. The molecule has 4 amide bonds. The molecule has 0 unspecified atom stereocenters. The largest absolute Gasteiger partial charge is 0.508 e. The van der Waals surface area contributed by atoms with E-state index in [9.17, 15) is 24.3 Å². The van der Waals surface area contributed by atoms with Crippen LogP contribution in [0.1, 0.15) is 38.2 Å². The SMILES string of the molecule is CCN1C(=O)[C@H]2[C@H](CC=C3[C@H]2C[C@H]2C(=O)N(c4ccccc4)C(=O)[C@@]2(C)[C@H]3c2ccc(O)cc2Cl)C1=O. The highest BCUT2D eigenvalue weighted by Gasteiger charge is 2.67. The summed E-state index contributed by atoms with van der Waals surface area (Å²) in [6.45, 7) is 3.91. The molecule has 4 aliphatic rings. The second-order valence-corrected chi connectivity index (χ2v) is 11.0. The summed E-state index contributed by atoms with van der Waals surface area (Å²) in [7, 11) is 0. The van der Waals surface area contributed by atoms with Gasteiger partial charge in [0, 0.05) is 17.5 Å². The van der Waals surface area contributed by atoms with E-state index in [1.165, 1.54) is 21.9 Å². The number of rotatable bonds is 3. The number of hydrogen-bond acceptors (Lipinski definition) is 5. The lowest BCUT2D eigenvalue weighted by atomic mass is 9.51. The summed E-state index contributed by atoms with van der Waals surface area (Å²) in [6.07, 6.45) is 2.70. The maximum Gasteiger partial charge on any atom is 0.241 e. The highest BCUT2D eigenvalue weighted by molar-refractivity contribution is 6.32. The lowest BCUT2D eigenvalue weighted by molar-refractivity contribution is -0.140. The van der Waals surface area contributed by atoms with Crippen LogP contribution in [0.5, 0.6) is 5.75 Å². The number of hydrogen-bond donors (Lipinski definition) is 1. The fourth-order valence-electron chi connectivity index (χ4n) is 7.31. The fourth-order valence-corrected chi connectivity index (χ4v) is 7.59. The molecule has 2 saturated heterocycles. The molecular formula is C29H27ClN2O5. The quantitative estimate of drug-likeness (QED) is 0.483. The van der Waals surface area contributed by atoms with Gasteiger partial charge in [-0.05, 0) is 62.4 Å². The molecule has 37 heavy (non-hydrogen) atoms. The number of amides is 4. The van der Waals surface area contributed by atoms with E-state index in [1.54, 1.807) is 37.3 Å². The number of nitrogens with zero attached hydrogens (tertiary/aromatic N) is 2. The number of allylic oxidation sites excluding steroid dienone is 2. The first-order chi connectivity index (χ1) is 17.7. The molecular weight excluding hydrogens is 492 g/mol. The van der Waals surface area contributed by atoms with E-state index in [1.807, 2.05) is 19.1 Å². The third kappa shape index (κ3) is 3.13. The minimum absolute atomic E-state index is 0.00427. The number of halogens is 1. The molecule has 2 heterocycles. The predicted octanol–water partition coefficient (Wildman–Crippen LogP) is 4.30. The summed E-state index contributed by atoms with van der Waals surface area (Å²) in [5.41, 5.74) is 0.853. The molecule has 6 rings (SSSR count). The molecule has 0 bridgehead atoms. The van der Waals surface area contributed by atoms with E-state index < -0.39 is 29.1 Å². The average Bonchev–Trinajstić information content (AvgIpc) is 3.24. The van der Waals surface area contributed by atoms with Gasteiger partial charge in [-0.1, -0.05) is 47.5 Å². The summed E-state index contributed by atoms with van der Waals surface area (Å²) < 4.78 is 0. The van der Waals surface area contributed by atoms with Gasteiger partial charge < -0.3 is 5.11 Å². The van der Waals surface area contributed by atoms with Crippen LogP contribution in [-0.4, -0.2) is 40.2 Å². The van der Waals surface area contributed by atoms with Crippen LogP contribution in [0.4, 0.5) is 5.69 Å². The molecule has 7 nitrogen and oxygen atoms in total. The van der Waals surface area contributed by atoms with Gasteiger partial charge in [0.2, 0.25) is 23.6 Å². The number of carbonyl (C=O) groups is 4. The zero-order chi connectivity index (χ0) is 26.2. The number of likely N-dealkylation sites (tertiary alicyclic amines) is 1. The number of phenols is 1. The van der Waals surface area contributed by atoms with Crippen LogP contribution in [0.15, 0.2) is 60.2 Å². The van der Waals surface area contributed by atoms with Crippen LogP contribution in [0.25, 0.3) is 0 Å². The zero-order valence-electron chi connectivity index (χ0n) is 20.6. The second kappa shape index (κ2) is 8.28. The van der Waals surface area contributed by atoms with Crippen molar-refractivity contribution >= 4 is 40.9 Å². The Labute approximate surface area is 219 Å². The van der Waals surface area contributed by atoms with Gasteiger partial charge in [0.05, 0.1) is 28.9 Å². The van der Waals surface area contributed by atoms with Crippen LogP contribution in [-0.2, 0) is 19.2 Å². The van der Waals surface area contributed by atoms with Crippen molar-refractivity contribution in [1.29, 1.82) is 0 Å². The number of aromatic hydroxyl groups is 1. The van der Waals surface area contributed by atoms with E-state index in [0.29, 0.717) is 30.6 Å². The Morgan fingerprint density at radius 2 is 1.73 bits per heavy atom. The summed E-state index contributed by atoms with van der Waals surface area (Å²) in [5, 5.41) is 10.3. The molecule has 0 spiro atoms. The first-order valence-electron chi connectivity index (χ1n) is 12.7. The number of carbonyl (C=O) groups excluding carboxylic acids is 4. The Morgan fingerprint density at radius 1 is 1.00 bits per heavy atom. The van der Waals surface area contributed by atoms with E-state index in [-0.39, 0.29) is 40.3 Å². The number of fused-ring (bicyclic) bond motifs is 4. The Hall–Kier alpha value is -3.45. The molecule has 2 aliphatic carbocycles. The first kappa shape index (κ1) is 23.9. The Bertz CT molecular complexity index is 1390. The summed E-state index contributed by atoms with van der Waals surface area (Å²) in [6, 6.07) is 13.5. The highest BCUT2D eigenvalue weighted by Crippen LogP contribution is 2.64. The van der Waals surface area contributed by atoms with E-state index in [0.717, 1.165) is 5.57 Å². The van der Waals surface area contributed by atoms with E-state index in [4.69, 9.17) is 11.6 Å². The maximum absolute atomic E-state index is 14.2. The van der Waals surface area contributed by atoms with Crippen molar-refractivity contribution in [3.63, 3.8) is 0 Å². The van der Waals surface area contributed by atoms with Gasteiger partial charge in [0.15, 0.2) is 0 Å². The van der Waals surface area contributed by atoms with E-state index in [2.05, 4.69) is 0 Å². The molecule has 3 fully saturated rings. The molecule has 190 valence electrons. The van der Waals surface area contributed by atoms with Gasteiger partial charge in [0.1, 0.15) is 5.75 Å². The minimum atomic E-state index is -1.15. The van der Waals surface area contributed by atoms with Crippen molar-refractivity contribution in [2.24, 2.45) is 29.1 Å². The lowest BCUT2D eigenvalue weighted by Crippen LogP contribution is -2.49. The van der Waals surface area contributed by atoms with Gasteiger partial charge in [-0.25, -0.2) is 4.90 Å². The summed E-state index contributed by atoms with van der Waals surface area (Å²) in [5.74, 6) is -3.67. The standard InChI is InChI=1S/C29H27ClN2O5/c1-3-31-25(34)19-12-11-17-20(23(19)27(31)36)14-21-26(35)32(15-7-5-4-6-8-15)28(37)29(21,2)24(17)18-10-9-16(33)13-22(18)30/h4-11,13,19-21,23-24,33H,3,12,14H2,1-2H3/t19-,20+,21-,23-,24+,29+/m0/s1. The highest BCUT2D eigenvalue weighted by atomic mass is 35.5. The molecule has 1 saturated carbocycles. The summed E-state index contributed by atoms with van der Waals surface area (Å²) >= 11 is 6.67. The van der Waals surface area contributed by atoms with Gasteiger partial charge in [-0.2, -0.15) is 0 Å². The van der Waals surface area contributed by atoms with Crippen molar-refractivity contribution in [3.05, 3.63) is 70.8 Å². The number of phenolic OH excluding ortho intramolecular Hbond substituents is 1. The monoisotopic (exact) mass is 518 g/mol. The number of para-hydroxylation sites is 1. The van der Waals surface area contributed by atoms with Crippen LogP contribution >= 0.6 is 11.6 Å². The van der Waals surface area contributed by atoms with Gasteiger partial charge >= 0.3 is 0 Å². The summed E-state index contributed by atoms with van der Waals surface area (Å²) in [4.78, 5) is 57.2. The van der Waals surface area contributed by atoms with Crippen LogP contribution in [0.2, 0.25) is 5.02 Å². The molecule has 2 aliphatic heterocycles. The lowest BCUT2D eigenvalue weighted by Gasteiger charge is -2.49. The Morgan fingerprint density at radius 3 is 2.41 bits per heavy atom. The molecule has 2 aromatic rings. The predicted molar refractivity (Wildman–Crippen MR) is 137 cm³/mol. The van der Waals surface area contributed by atoms with Crippen molar-refractivity contribution in [3.8, 4) is 5.75 Å². The molecule has 6 atom stereocenters. The smallest absolute Gasteiger partial charge is 0.241 e. The van der Waals surface area contributed by atoms with Gasteiger partial charge in [0.25, 0.3) is 0 Å². The van der Waals surface area contributed by atoms with Crippen molar-refractivity contribution in [1.82, 2.24) is 4.90 Å². The minimum Gasteiger partial charge on any atom is -0.508 e. The molecule has 8 heteroatoms. The number of anilines is 1. The third-order valence-corrected chi connectivity index (χ3v) is 9.32. The van der Waals surface area contributed by atoms with Crippen LogP contribution in [0, 0.1) is 29.1 Å². The van der Waals surface area contributed by atoms with E-state index >= 15 is 0 Å². The number of benzene rings is 2. The molecule has 2 aromatic carbocycles. The topological polar surface area (TPSA) is 95.0 Å². The fraction of sp³-hybridized carbons (Fsp3) is 0.379. The Kier molecular flexibility index (Phi) is 5.35. The normalized spacial score (nSPS) is 32.8. The molecule has 0 aromatic heterocycles. The van der Waals surface area contributed by atoms with Crippen molar-refractivity contribution < 1.29 is 24.3 Å². The second-order valence-electron chi connectivity index (χ2n) is 10.6. The average molecular weight is 519 g/mol. The molecule has 1 N–H and O–H groups in total. The van der Waals surface area contributed by atoms with Crippen LogP contribution in [0.3, 0.4) is 0 Å². The maximum atomic E-state index is 14.2. The van der Waals surface area contributed by atoms with Gasteiger partial charge in [-0.15, -0.1) is 0 Å².